The predicted molar refractivity (Wildman–Crippen MR) is 46.6 cm³/mol. The Kier molecular flexibility index (Phi) is 4.50. The van der Waals surface area contributed by atoms with Crippen LogP contribution in [0.2, 0.25) is 0 Å². The maximum absolute atomic E-state index is 5.42. The Bertz CT molecular complexity index is 87.3. The average molecular weight is 156 g/mol. The van der Waals surface area contributed by atoms with Crippen LogP contribution in [0.15, 0.2) is 0 Å². The minimum atomic E-state index is 0.529. The fourth-order valence-corrected chi connectivity index (χ4v) is 1.36. The van der Waals surface area contributed by atoms with Crippen molar-refractivity contribution in [1.29, 1.82) is 0 Å². The maximum Gasteiger partial charge on any atom is 0.0371 e. The monoisotopic (exact) mass is 156 g/mol. The third-order valence-corrected chi connectivity index (χ3v) is 2.02. The van der Waals surface area contributed by atoms with E-state index in [-0.39, 0.29) is 0 Å². The molecule has 11 heavy (non-hydrogen) atoms. The molecule has 0 aromatic heterocycles. The van der Waals surface area contributed by atoms with Gasteiger partial charge in [0.25, 0.3) is 0 Å². The van der Waals surface area contributed by atoms with E-state index in [0.717, 1.165) is 39.0 Å². The molecular formula is C8H18N3. The van der Waals surface area contributed by atoms with Gasteiger partial charge in [-0.05, 0) is 32.4 Å². The zero-order chi connectivity index (χ0) is 7.94. The normalized spacial score (nSPS) is 26.5. The Morgan fingerprint density at radius 3 is 3.27 bits per heavy atom. The van der Waals surface area contributed by atoms with Gasteiger partial charge in [-0.2, -0.15) is 0 Å². The Morgan fingerprint density at radius 2 is 2.45 bits per heavy atom. The molecule has 0 saturated carbocycles. The molecule has 1 rings (SSSR count). The highest BCUT2D eigenvalue weighted by molar-refractivity contribution is 4.72. The van der Waals surface area contributed by atoms with Crippen molar-refractivity contribution < 1.29 is 0 Å². The zero-order valence-electron chi connectivity index (χ0n) is 7.05. The van der Waals surface area contributed by atoms with Crippen molar-refractivity contribution >= 4 is 0 Å². The summed E-state index contributed by atoms with van der Waals surface area (Å²) in [7, 11) is 0. The van der Waals surface area contributed by atoms with E-state index in [9.17, 15) is 0 Å². The largest absolute Gasteiger partial charge is 0.330 e. The summed E-state index contributed by atoms with van der Waals surface area (Å²) in [6, 6.07) is 0.529. The van der Waals surface area contributed by atoms with Gasteiger partial charge in [-0.1, -0.05) is 0 Å². The SMILES string of the molecule is NCCCC1CNCCC[N]1. The van der Waals surface area contributed by atoms with Crippen LogP contribution in [0.5, 0.6) is 0 Å². The fourth-order valence-electron chi connectivity index (χ4n) is 1.36. The minimum absolute atomic E-state index is 0.529. The summed E-state index contributed by atoms with van der Waals surface area (Å²) < 4.78 is 0. The number of rotatable bonds is 3. The van der Waals surface area contributed by atoms with E-state index >= 15 is 0 Å². The number of nitrogens with one attached hydrogen (secondary N) is 1. The molecule has 1 fully saturated rings. The molecule has 3 nitrogen and oxygen atoms in total. The first kappa shape index (κ1) is 8.97. The number of nitrogens with two attached hydrogens (primary N) is 1. The van der Waals surface area contributed by atoms with Crippen LogP contribution < -0.4 is 16.4 Å². The van der Waals surface area contributed by atoms with E-state index in [2.05, 4.69) is 10.6 Å². The lowest BCUT2D eigenvalue weighted by molar-refractivity contribution is 0.474. The van der Waals surface area contributed by atoms with Gasteiger partial charge in [-0.25, -0.2) is 5.32 Å². The second-order valence-corrected chi connectivity index (χ2v) is 3.05. The Labute approximate surface area is 68.7 Å². The van der Waals surface area contributed by atoms with Crippen molar-refractivity contribution in [2.75, 3.05) is 26.2 Å². The van der Waals surface area contributed by atoms with E-state index in [1.165, 1.54) is 6.42 Å². The van der Waals surface area contributed by atoms with Crippen LogP contribution >= 0.6 is 0 Å². The first-order chi connectivity index (χ1) is 5.43. The number of nitrogens with zero attached hydrogens (tertiary/aromatic N) is 1. The molecule has 0 aliphatic carbocycles. The van der Waals surface area contributed by atoms with Gasteiger partial charge >= 0.3 is 0 Å². The highest BCUT2D eigenvalue weighted by atomic mass is 15.0. The van der Waals surface area contributed by atoms with E-state index in [0.29, 0.717) is 6.04 Å². The van der Waals surface area contributed by atoms with Crippen molar-refractivity contribution in [1.82, 2.24) is 10.6 Å². The molecule has 0 bridgehead atoms. The third-order valence-electron chi connectivity index (χ3n) is 2.02. The molecule has 1 heterocycles. The topological polar surface area (TPSA) is 52.1 Å². The summed E-state index contributed by atoms with van der Waals surface area (Å²) >= 11 is 0. The first-order valence-corrected chi connectivity index (χ1v) is 4.51. The molecule has 0 aromatic carbocycles. The van der Waals surface area contributed by atoms with Crippen LogP contribution in [0.1, 0.15) is 19.3 Å². The van der Waals surface area contributed by atoms with E-state index in [1.54, 1.807) is 0 Å². The fraction of sp³-hybridized carbons (Fsp3) is 1.00. The molecule has 0 aromatic rings. The second kappa shape index (κ2) is 5.52. The molecule has 1 aliphatic heterocycles. The number of hydrogen-bond acceptors (Lipinski definition) is 2. The van der Waals surface area contributed by atoms with Crippen molar-refractivity contribution in [3.63, 3.8) is 0 Å². The summed E-state index contributed by atoms with van der Waals surface area (Å²) in [4.78, 5) is 0. The smallest absolute Gasteiger partial charge is 0.0371 e. The molecular weight excluding hydrogens is 138 g/mol. The van der Waals surface area contributed by atoms with E-state index in [4.69, 9.17) is 5.73 Å². The summed E-state index contributed by atoms with van der Waals surface area (Å²) in [5.74, 6) is 0. The molecule has 3 N–H and O–H groups in total. The van der Waals surface area contributed by atoms with Gasteiger partial charge < -0.3 is 11.1 Å². The van der Waals surface area contributed by atoms with Crippen LogP contribution in [0.4, 0.5) is 0 Å². The van der Waals surface area contributed by atoms with Gasteiger partial charge in [-0.15, -0.1) is 0 Å². The van der Waals surface area contributed by atoms with Gasteiger partial charge in [0.2, 0.25) is 0 Å². The summed E-state index contributed by atoms with van der Waals surface area (Å²) in [6.45, 7) is 4.01. The van der Waals surface area contributed by atoms with Crippen LogP contribution in [-0.2, 0) is 0 Å². The second-order valence-electron chi connectivity index (χ2n) is 3.05. The standard InChI is InChI=1S/C8H18N3/c9-4-1-3-8-7-10-5-2-6-11-8/h8,10H,1-7,9H2. The highest BCUT2D eigenvalue weighted by Gasteiger charge is 2.10. The molecule has 1 radical (unpaired) electrons. The maximum atomic E-state index is 5.42. The van der Waals surface area contributed by atoms with Crippen molar-refractivity contribution in [3.8, 4) is 0 Å². The van der Waals surface area contributed by atoms with Gasteiger partial charge in [0.1, 0.15) is 0 Å². The zero-order valence-corrected chi connectivity index (χ0v) is 7.05. The predicted octanol–water partition coefficient (Wildman–Crippen LogP) is -0.308. The van der Waals surface area contributed by atoms with Crippen LogP contribution in [0.3, 0.4) is 0 Å². The third kappa shape index (κ3) is 3.70. The quantitative estimate of drug-likeness (QED) is 0.589. The summed E-state index contributed by atoms with van der Waals surface area (Å²) in [6.07, 6.45) is 3.46. The Morgan fingerprint density at radius 1 is 1.55 bits per heavy atom. The summed E-state index contributed by atoms with van der Waals surface area (Å²) in [5, 5.41) is 7.91. The van der Waals surface area contributed by atoms with Crippen molar-refractivity contribution in [3.05, 3.63) is 0 Å². The summed E-state index contributed by atoms with van der Waals surface area (Å²) in [5.41, 5.74) is 5.42. The van der Waals surface area contributed by atoms with E-state index < -0.39 is 0 Å². The lowest BCUT2D eigenvalue weighted by Crippen LogP contribution is -2.31. The first-order valence-electron chi connectivity index (χ1n) is 4.51. The lowest BCUT2D eigenvalue weighted by Gasteiger charge is -2.12. The number of hydrogen-bond donors (Lipinski definition) is 2. The van der Waals surface area contributed by atoms with Gasteiger partial charge in [0.05, 0.1) is 0 Å². The molecule has 0 amide bonds. The highest BCUT2D eigenvalue weighted by Crippen LogP contribution is 1.99. The lowest BCUT2D eigenvalue weighted by atomic mass is 10.1. The van der Waals surface area contributed by atoms with Gasteiger partial charge in [-0.3, -0.25) is 0 Å². The molecule has 1 aliphatic rings. The van der Waals surface area contributed by atoms with Crippen LogP contribution in [0.25, 0.3) is 0 Å². The Hall–Kier alpha value is -0.120. The molecule has 0 spiro atoms. The van der Waals surface area contributed by atoms with Crippen molar-refractivity contribution in [2.24, 2.45) is 5.73 Å². The minimum Gasteiger partial charge on any atom is -0.330 e. The average Bonchev–Trinajstić information content (AvgIpc) is 2.28. The molecule has 1 unspecified atom stereocenters. The van der Waals surface area contributed by atoms with Crippen LogP contribution in [-0.4, -0.2) is 32.2 Å². The molecule has 1 atom stereocenters. The van der Waals surface area contributed by atoms with Crippen molar-refractivity contribution in [2.45, 2.75) is 25.3 Å². The van der Waals surface area contributed by atoms with E-state index in [1.807, 2.05) is 0 Å². The molecule has 1 saturated heterocycles. The molecule has 3 heteroatoms. The molecule has 65 valence electrons. The van der Waals surface area contributed by atoms with Gasteiger partial charge in [0, 0.05) is 19.1 Å². The van der Waals surface area contributed by atoms with Gasteiger partial charge in [0.15, 0.2) is 0 Å². The van der Waals surface area contributed by atoms with Crippen LogP contribution in [0, 0.1) is 0 Å². The Balaban J connectivity index is 2.09.